The molecule has 3 nitrogen and oxygen atoms in total. The van der Waals surface area contributed by atoms with E-state index in [9.17, 15) is 9.18 Å². The fourth-order valence-electron chi connectivity index (χ4n) is 1.66. The fourth-order valence-corrected chi connectivity index (χ4v) is 1.83. The lowest BCUT2D eigenvalue weighted by Crippen LogP contribution is -2.05. The molecule has 0 aliphatic rings. The number of carbonyl (C=O) groups is 1. The number of hydrogen-bond acceptors (Lipinski definition) is 2. The maximum atomic E-state index is 13.5. The molecule has 0 amide bonds. The molecule has 1 aromatic carbocycles. The van der Waals surface area contributed by atoms with E-state index in [2.05, 4.69) is 5.10 Å². The van der Waals surface area contributed by atoms with E-state index in [1.807, 2.05) is 6.92 Å². The summed E-state index contributed by atoms with van der Waals surface area (Å²) in [5.41, 5.74) is 0.785. The van der Waals surface area contributed by atoms with E-state index < -0.39 is 5.82 Å². The lowest BCUT2D eigenvalue weighted by atomic mass is 10.0. The molecule has 0 saturated carbocycles. The van der Waals surface area contributed by atoms with Gasteiger partial charge in [0, 0.05) is 24.2 Å². The van der Waals surface area contributed by atoms with Gasteiger partial charge >= 0.3 is 0 Å². The minimum absolute atomic E-state index is 0.0201. The summed E-state index contributed by atoms with van der Waals surface area (Å²) in [5.74, 6) is -0.849. The highest BCUT2D eigenvalue weighted by atomic mass is 35.5. The Labute approximate surface area is 109 Å². The summed E-state index contributed by atoms with van der Waals surface area (Å²) < 4.78 is 15.2. The molecular weight excluding hydrogens is 255 g/mol. The third-order valence-electron chi connectivity index (χ3n) is 2.60. The molecule has 1 aromatic heterocycles. The Bertz CT molecular complexity index is 580. The highest BCUT2D eigenvalue weighted by Crippen LogP contribution is 2.17. The van der Waals surface area contributed by atoms with E-state index in [4.69, 9.17) is 11.6 Å². The van der Waals surface area contributed by atoms with E-state index in [0.717, 1.165) is 12.1 Å². The summed E-state index contributed by atoms with van der Waals surface area (Å²) in [7, 11) is 0. The fraction of sp³-hybridized carbons (Fsp3) is 0.231. The Morgan fingerprint density at radius 2 is 2.28 bits per heavy atom. The Morgan fingerprint density at radius 1 is 1.50 bits per heavy atom. The maximum absolute atomic E-state index is 13.5. The number of halogens is 2. The molecule has 0 saturated heterocycles. The van der Waals surface area contributed by atoms with Gasteiger partial charge in [0.1, 0.15) is 5.82 Å². The van der Waals surface area contributed by atoms with Crippen molar-refractivity contribution in [2.75, 3.05) is 0 Å². The van der Waals surface area contributed by atoms with Crippen molar-refractivity contribution in [2.45, 2.75) is 19.9 Å². The molecular formula is C13H12ClFN2O. The first kappa shape index (κ1) is 12.8. The first-order valence-corrected chi connectivity index (χ1v) is 5.97. The summed E-state index contributed by atoms with van der Waals surface area (Å²) in [6, 6.07) is 3.97. The number of ketones is 1. The number of Topliss-reactive ketones (excluding diaryl/α,β-unsaturated/α-hetero) is 1. The largest absolute Gasteiger partial charge is 0.294 e. The van der Waals surface area contributed by atoms with Gasteiger partial charge in [0.25, 0.3) is 0 Å². The van der Waals surface area contributed by atoms with Gasteiger partial charge in [-0.2, -0.15) is 5.10 Å². The van der Waals surface area contributed by atoms with Gasteiger partial charge in [0.05, 0.1) is 11.8 Å². The van der Waals surface area contributed by atoms with Crippen LogP contribution in [0.1, 0.15) is 22.8 Å². The molecule has 0 aliphatic carbocycles. The first-order chi connectivity index (χ1) is 8.60. The smallest absolute Gasteiger partial charge is 0.170 e. The van der Waals surface area contributed by atoms with Crippen LogP contribution in [0.3, 0.4) is 0 Å². The predicted octanol–water partition coefficient (Wildman–Crippen LogP) is 3.12. The van der Waals surface area contributed by atoms with Crippen molar-refractivity contribution in [3.63, 3.8) is 0 Å². The molecule has 0 radical (unpaired) electrons. The lowest BCUT2D eigenvalue weighted by molar-refractivity contribution is 0.0989. The van der Waals surface area contributed by atoms with Crippen LogP contribution < -0.4 is 0 Å². The molecule has 5 heteroatoms. The van der Waals surface area contributed by atoms with Gasteiger partial charge in [-0.05, 0) is 30.7 Å². The van der Waals surface area contributed by atoms with Gasteiger partial charge in [-0.1, -0.05) is 11.6 Å². The van der Waals surface area contributed by atoms with Crippen molar-refractivity contribution in [1.29, 1.82) is 0 Å². The highest BCUT2D eigenvalue weighted by Gasteiger charge is 2.13. The van der Waals surface area contributed by atoms with Crippen LogP contribution in [0, 0.1) is 5.82 Å². The molecule has 1 heterocycles. The van der Waals surface area contributed by atoms with Crippen molar-refractivity contribution in [3.8, 4) is 0 Å². The Kier molecular flexibility index (Phi) is 3.77. The van der Waals surface area contributed by atoms with Gasteiger partial charge in [0.15, 0.2) is 5.78 Å². The lowest BCUT2D eigenvalue weighted by Gasteiger charge is -2.02. The summed E-state index contributed by atoms with van der Waals surface area (Å²) in [6.07, 6.45) is 3.52. The zero-order valence-corrected chi connectivity index (χ0v) is 10.6. The number of hydrogen-bond donors (Lipinski definition) is 0. The summed E-state index contributed by atoms with van der Waals surface area (Å²) in [4.78, 5) is 11.9. The Hall–Kier alpha value is -1.68. The molecule has 2 aromatic rings. The molecule has 18 heavy (non-hydrogen) atoms. The number of carbonyl (C=O) groups excluding carboxylic acids is 1. The summed E-state index contributed by atoms with van der Waals surface area (Å²) >= 11 is 5.76. The number of aromatic nitrogens is 2. The second kappa shape index (κ2) is 5.31. The molecule has 0 spiro atoms. The van der Waals surface area contributed by atoms with Crippen molar-refractivity contribution < 1.29 is 9.18 Å². The van der Waals surface area contributed by atoms with Gasteiger partial charge < -0.3 is 0 Å². The molecule has 2 rings (SSSR count). The van der Waals surface area contributed by atoms with E-state index >= 15 is 0 Å². The molecule has 0 N–H and O–H groups in total. The third kappa shape index (κ3) is 2.76. The van der Waals surface area contributed by atoms with Gasteiger partial charge in [0.2, 0.25) is 0 Å². The average molecular weight is 267 g/mol. The number of rotatable bonds is 4. The van der Waals surface area contributed by atoms with Crippen molar-refractivity contribution in [3.05, 3.63) is 52.6 Å². The molecule has 0 bridgehead atoms. The predicted molar refractivity (Wildman–Crippen MR) is 67.3 cm³/mol. The topological polar surface area (TPSA) is 34.9 Å². The quantitative estimate of drug-likeness (QED) is 0.797. The Balaban J connectivity index is 2.19. The summed E-state index contributed by atoms with van der Waals surface area (Å²) in [6.45, 7) is 2.69. The standard InChI is InChI=1S/C13H12ClFN2O/c1-2-17-8-9(7-16-17)5-13(18)11-6-10(14)3-4-12(11)15/h3-4,6-8H,2,5H2,1H3. The third-order valence-corrected chi connectivity index (χ3v) is 2.84. The molecule has 0 aliphatic heterocycles. The van der Waals surface area contributed by atoms with E-state index in [1.54, 1.807) is 17.1 Å². The van der Waals surface area contributed by atoms with E-state index in [0.29, 0.717) is 5.02 Å². The van der Waals surface area contributed by atoms with Gasteiger partial charge in [-0.25, -0.2) is 4.39 Å². The average Bonchev–Trinajstić information content (AvgIpc) is 2.80. The second-order valence-corrected chi connectivity index (χ2v) is 4.36. The molecule has 0 atom stereocenters. The number of benzene rings is 1. The van der Waals surface area contributed by atoms with Gasteiger partial charge in [-0.3, -0.25) is 9.48 Å². The molecule has 94 valence electrons. The van der Waals surface area contributed by atoms with E-state index in [-0.39, 0.29) is 17.8 Å². The van der Waals surface area contributed by atoms with Crippen molar-refractivity contribution in [2.24, 2.45) is 0 Å². The number of nitrogens with zero attached hydrogens (tertiary/aromatic N) is 2. The van der Waals surface area contributed by atoms with Crippen LogP contribution in [0.2, 0.25) is 5.02 Å². The second-order valence-electron chi connectivity index (χ2n) is 3.93. The monoisotopic (exact) mass is 266 g/mol. The van der Waals surface area contributed by atoms with Crippen molar-refractivity contribution in [1.82, 2.24) is 9.78 Å². The van der Waals surface area contributed by atoms with Crippen LogP contribution >= 0.6 is 11.6 Å². The van der Waals surface area contributed by atoms with E-state index in [1.165, 1.54) is 18.2 Å². The normalized spacial score (nSPS) is 10.6. The number of aryl methyl sites for hydroxylation is 1. The zero-order valence-electron chi connectivity index (χ0n) is 9.86. The van der Waals surface area contributed by atoms with Gasteiger partial charge in [-0.15, -0.1) is 0 Å². The molecule has 0 fully saturated rings. The minimum Gasteiger partial charge on any atom is -0.294 e. The van der Waals surface area contributed by atoms with Crippen LogP contribution in [0.25, 0.3) is 0 Å². The first-order valence-electron chi connectivity index (χ1n) is 5.59. The summed E-state index contributed by atoms with van der Waals surface area (Å²) in [5, 5.41) is 4.42. The van der Waals surface area contributed by atoms with Crippen molar-refractivity contribution >= 4 is 17.4 Å². The zero-order chi connectivity index (χ0) is 13.1. The SMILES string of the molecule is CCn1cc(CC(=O)c2cc(Cl)ccc2F)cn1. The molecule has 0 unspecified atom stereocenters. The maximum Gasteiger partial charge on any atom is 0.170 e. The Morgan fingerprint density at radius 3 is 2.94 bits per heavy atom. The van der Waals surface area contributed by atoms with Crippen LogP contribution in [0.4, 0.5) is 4.39 Å². The van der Waals surface area contributed by atoms with Crippen LogP contribution in [-0.2, 0) is 13.0 Å². The van der Waals surface area contributed by atoms with Crippen LogP contribution in [-0.4, -0.2) is 15.6 Å². The van der Waals surface area contributed by atoms with Crippen LogP contribution in [0.15, 0.2) is 30.6 Å². The highest BCUT2D eigenvalue weighted by molar-refractivity contribution is 6.31. The minimum atomic E-state index is -0.549. The van der Waals surface area contributed by atoms with Crippen LogP contribution in [0.5, 0.6) is 0 Å².